The molecule has 1 N–H and O–H groups in total. The van der Waals surface area contributed by atoms with Crippen molar-refractivity contribution < 1.29 is 19.1 Å². The van der Waals surface area contributed by atoms with Gasteiger partial charge < -0.3 is 24.6 Å². The third kappa shape index (κ3) is 8.66. The fourth-order valence-corrected chi connectivity index (χ4v) is 11.9. The fourth-order valence-electron chi connectivity index (χ4n) is 10.5. The molecule has 6 heterocycles. The number of carbonyl (C=O) groups excluding carboxylic acids is 2. The van der Waals surface area contributed by atoms with Crippen LogP contribution in [0.4, 0.5) is 11.6 Å². The summed E-state index contributed by atoms with van der Waals surface area (Å²) >= 11 is 7.97. The summed E-state index contributed by atoms with van der Waals surface area (Å²) in [7, 11) is 0. The molecular weight excluding hydrogens is 886 g/mol. The van der Waals surface area contributed by atoms with Crippen molar-refractivity contribution in [3.8, 4) is 16.8 Å². The van der Waals surface area contributed by atoms with Crippen molar-refractivity contribution in [2.24, 2.45) is 15.8 Å². The zero-order chi connectivity index (χ0) is 47.7. The highest BCUT2D eigenvalue weighted by Gasteiger charge is 2.64. The molecule has 17 heteroatoms. The highest BCUT2D eigenvalue weighted by molar-refractivity contribution is 7.15. The van der Waals surface area contributed by atoms with Crippen molar-refractivity contribution in [1.82, 2.24) is 34.9 Å². The van der Waals surface area contributed by atoms with Gasteiger partial charge in [-0.15, -0.1) is 21.5 Å². The van der Waals surface area contributed by atoms with Crippen molar-refractivity contribution in [3.63, 3.8) is 0 Å². The summed E-state index contributed by atoms with van der Waals surface area (Å²) in [5.74, 6) is 2.06. The Morgan fingerprint density at radius 1 is 0.940 bits per heavy atom. The molecular formula is C50H58ClN11O4S. The molecule has 350 valence electrons. The Bertz CT molecular complexity index is 2770. The van der Waals surface area contributed by atoms with Crippen LogP contribution in [0, 0.1) is 42.9 Å². The molecule has 0 spiro atoms. The maximum atomic E-state index is 13.5. The first-order valence-corrected chi connectivity index (χ1v) is 24.1. The summed E-state index contributed by atoms with van der Waals surface area (Å²) < 4.78 is 14.2. The number of hydrogen-bond donors (Lipinski definition) is 1. The molecule has 2 saturated heterocycles. The molecule has 3 aromatic heterocycles. The van der Waals surface area contributed by atoms with Gasteiger partial charge in [0.1, 0.15) is 40.4 Å². The van der Waals surface area contributed by atoms with Gasteiger partial charge in [0, 0.05) is 102 Å². The van der Waals surface area contributed by atoms with Crippen LogP contribution >= 0.6 is 22.9 Å². The van der Waals surface area contributed by atoms with E-state index in [1.165, 1.54) is 4.88 Å². The lowest BCUT2D eigenvalue weighted by Gasteiger charge is -2.63. The average molecular weight is 945 g/mol. The molecule has 67 heavy (non-hydrogen) atoms. The molecule has 1 atom stereocenters. The molecule has 3 aliphatic heterocycles. The number of fused-ring (bicyclic) bond motifs is 3. The number of nitrogens with one attached hydrogen (secondary N) is 1. The number of piperazine rings is 1. The van der Waals surface area contributed by atoms with Crippen LogP contribution in [0.1, 0.15) is 110 Å². The summed E-state index contributed by atoms with van der Waals surface area (Å²) in [5.41, 5.74) is 4.61. The summed E-state index contributed by atoms with van der Waals surface area (Å²) in [6.45, 7) is 25.5. The number of halogens is 1. The van der Waals surface area contributed by atoms with Crippen LogP contribution in [0.25, 0.3) is 5.00 Å². The van der Waals surface area contributed by atoms with Gasteiger partial charge >= 0.3 is 5.97 Å². The second-order valence-corrected chi connectivity index (χ2v) is 22.0. The molecule has 1 aliphatic carbocycles. The van der Waals surface area contributed by atoms with Gasteiger partial charge in [0.15, 0.2) is 5.82 Å². The van der Waals surface area contributed by atoms with Crippen molar-refractivity contribution >= 4 is 52.2 Å². The molecule has 0 radical (unpaired) electrons. The molecule has 2 aromatic carbocycles. The van der Waals surface area contributed by atoms with E-state index in [0.29, 0.717) is 39.7 Å². The molecule has 5 aromatic rings. The normalized spacial score (nSPS) is 21.2. The van der Waals surface area contributed by atoms with Gasteiger partial charge in [0.25, 0.3) is 5.91 Å². The van der Waals surface area contributed by atoms with E-state index in [4.69, 9.17) is 26.1 Å². The Morgan fingerprint density at radius 3 is 2.24 bits per heavy atom. The number of nitriles is 1. The number of aryl methyl sites for hydroxylation is 2. The molecule has 0 unspecified atom stereocenters. The summed E-state index contributed by atoms with van der Waals surface area (Å²) in [6.07, 6.45) is 3.08. The van der Waals surface area contributed by atoms with Crippen molar-refractivity contribution in [3.05, 3.63) is 104 Å². The molecule has 0 bridgehead atoms. The first kappa shape index (κ1) is 46.2. The quantitative estimate of drug-likeness (QED) is 0.135. The predicted molar refractivity (Wildman–Crippen MR) is 260 cm³/mol. The average Bonchev–Trinajstić information content (AvgIpc) is 3.75. The van der Waals surface area contributed by atoms with E-state index >= 15 is 0 Å². The topological polar surface area (TPSA) is 167 Å². The molecule has 1 saturated carbocycles. The standard InChI is InChI=1S/C50H58ClN11O4S/c1-28-29(2)67-44-40(28)41(55-38(22-39(63)66-48(4,5)6)42-58-57-30(3)62(42)44)31-11-14-34(15-12-31)59-17-19-60(20-18-59)35-26-61(27-35)47-53-24-33(25-54-47)43(64)56-45-49(7,8)46(50(45,9)10)65-36-16-13-32(23-52)37(51)21-36/h11-16,21,24-25,35,38,45-46H,17-20,22,26-27H2,1-10H3,(H,56,64)/t38-,45?,46?/m0/s1. The smallest absolute Gasteiger partial charge is 0.308 e. The second kappa shape index (κ2) is 17.3. The number of benzene rings is 2. The lowest BCUT2D eigenvalue weighted by Crippen LogP contribution is -2.74. The fraction of sp³-hybridized carbons (Fsp3) is 0.480. The molecule has 4 aliphatic rings. The zero-order valence-corrected chi connectivity index (χ0v) is 41.4. The lowest BCUT2D eigenvalue weighted by molar-refractivity contribution is -0.164. The number of anilines is 2. The van der Waals surface area contributed by atoms with Crippen LogP contribution in [0.3, 0.4) is 0 Å². The monoisotopic (exact) mass is 943 g/mol. The third-order valence-corrected chi connectivity index (χ3v) is 15.3. The van der Waals surface area contributed by atoms with Crippen LogP contribution < -0.4 is 19.9 Å². The van der Waals surface area contributed by atoms with Crippen LogP contribution in [0.2, 0.25) is 5.02 Å². The summed E-state index contributed by atoms with van der Waals surface area (Å²) in [4.78, 5) is 49.5. The van der Waals surface area contributed by atoms with Gasteiger partial charge in [0.05, 0.1) is 28.3 Å². The Labute approximate surface area is 401 Å². The maximum absolute atomic E-state index is 13.5. The van der Waals surface area contributed by atoms with Crippen LogP contribution in [0.5, 0.6) is 5.75 Å². The molecule has 9 rings (SSSR count). The second-order valence-electron chi connectivity index (χ2n) is 20.4. The first-order chi connectivity index (χ1) is 31.7. The predicted octanol–water partition coefficient (Wildman–Crippen LogP) is 7.82. The number of nitrogens with zero attached hydrogens (tertiary/aromatic N) is 10. The minimum atomic E-state index is -0.614. The number of aromatic nitrogens is 5. The molecule has 3 fully saturated rings. The van der Waals surface area contributed by atoms with Crippen LogP contribution in [0.15, 0.2) is 59.9 Å². The van der Waals surface area contributed by atoms with Crippen molar-refractivity contribution in [2.75, 3.05) is 49.1 Å². The number of thiophene rings is 1. The minimum Gasteiger partial charge on any atom is -0.489 e. The maximum Gasteiger partial charge on any atom is 0.308 e. The van der Waals surface area contributed by atoms with E-state index in [1.54, 1.807) is 41.9 Å². The highest BCUT2D eigenvalue weighted by Crippen LogP contribution is 2.55. The van der Waals surface area contributed by atoms with Gasteiger partial charge in [-0.1, -0.05) is 51.4 Å². The van der Waals surface area contributed by atoms with E-state index < -0.39 is 11.6 Å². The lowest BCUT2D eigenvalue weighted by atomic mass is 9.49. The number of hydrogen-bond acceptors (Lipinski definition) is 14. The Morgan fingerprint density at radius 2 is 1.61 bits per heavy atom. The van der Waals surface area contributed by atoms with Gasteiger partial charge in [-0.3, -0.25) is 24.0 Å². The largest absolute Gasteiger partial charge is 0.489 e. The van der Waals surface area contributed by atoms with Gasteiger partial charge in [-0.2, -0.15) is 5.26 Å². The zero-order valence-electron chi connectivity index (χ0n) is 39.8. The number of rotatable bonds is 10. The minimum absolute atomic E-state index is 0.0578. The van der Waals surface area contributed by atoms with Gasteiger partial charge in [-0.25, -0.2) is 9.97 Å². The molecule has 15 nitrogen and oxygen atoms in total. The number of ether oxygens (including phenoxy) is 2. The highest BCUT2D eigenvalue weighted by atomic mass is 35.5. The van der Waals surface area contributed by atoms with E-state index in [9.17, 15) is 14.9 Å². The van der Waals surface area contributed by atoms with E-state index in [-0.39, 0.29) is 41.3 Å². The summed E-state index contributed by atoms with van der Waals surface area (Å²) in [5, 5.41) is 22.8. The van der Waals surface area contributed by atoms with Crippen molar-refractivity contribution in [1.29, 1.82) is 5.26 Å². The number of esters is 1. The van der Waals surface area contributed by atoms with Gasteiger partial charge in [0.2, 0.25) is 5.95 Å². The number of amides is 1. The van der Waals surface area contributed by atoms with Crippen molar-refractivity contribution in [2.45, 2.75) is 105 Å². The molecule has 1 amide bonds. The van der Waals surface area contributed by atoms with E-state index in [2.05, 4.69) is 117 Å². The number of aliphatic imine (C=N–C) groups is 1. The SMILES string of the molecule is Cc1sc2c(c1C)C(c1ccc(N3CCN(C4CN(c5ncc(C(=O)NC6C(C)(C)C(Oc7ccc(C#N)c(Cl)c7)C6(C)C)cn5)C4)CC3)cc1)=N[C@@H](CC(=O)OC(C)(C)C)c1nnc(C)n1-2. The Balaban J connectivity index is 0.793. The van der Waals surface area contributed by atoms with Gasteiger partial charge in [-0.05, 0) is 71.4 Å². The van der Waals surface area contributed by atoms with E-state index in [1.807, 2.05) is 27.7 Å². The third-order valence-electron chi connectivity index (χ3n) is 13.8. The first-order valence-electron chi connectivity index (χ1n) is 22.9. The van der Waals surface area contributed by atoms with Crippen LogP contribution in [-0.4, -0.2) is 110 Å². The Hall–Kier alpha value is -5.89. The Kier molecular flexibility index (Phi) is 12.0. The summed E-state index contributed by atoms with van der Waals surface area (Å²) in [6, 6.07) is 15.5. The van der Waals surface area contributed by atoms with Crippen LogP contribution in [-0.2, 0) is 9.53 Å². The number of carbonyl (C=O) groups is 2. The van der Waals surface area contributed by atoms with E-state index in [0.717, 1.165) is 78.2 Å².